The smallest absolute Gasteiger partial charge is 0.140 e. The van der Waals surface area contributed by atoms with Gasteiger partial charge in [0.15, 0.2) is 0 Å². The van der Waals surface area contributed by atoms with Crippen LogP contribution in [-0.4, -0.2) is 21.5 Å². The van der Waals surface area contributed by atoms with Crippen molar-refractivity contribution in [3.8, 4) is 11.1 Å². The predicted molar refractivity (Wildman–Crippen MR) is 124 cm³/mol. The number of nitrogens with zero attached hydrogens (tertiary/aromatic N) is 4. The van der Waals surface area contributed by atoms with Crippen molar-refractivity contribution in [2.24, 2.45) is 0 Å². The van der Waals surface area contributed by atoms with Gasteiger partial charge in [-0.3, -0.25) is 0 Å². The van der Waals surface area contributed by atoms with E-state index in [2.05, 4.69) is 65.1 Å². The summed E-state index contributed by atoms with van der Waals surface area (Å²) in [4.78, 5) is 16.0. The number of aromatic nitrogens is 3. The van der Waals surface area contributed by atoms with Crippen molar-refractivity contribution in [2.75, 3.05) is 17.2 Å². The van der Waals surface area contributed by atoms with Crippen molar-refractivity contribution in [3.63, 3.8) is 0 Å². The van der Waals surface area contributed by atoms with Gasteiger partial charge < -0.3 is 10.6 Å². The first kappa shape index (κ1) is 19.8. The molecule has 30 heavy (non-hydrogen) atoms. The fraction of sp³-hybridized carbons (Fsp3) is 0.240. The molecular weight excluding hydrogens is 370 g/mol. The van der Waals surface area contributed by atoms with E-state index in [1.807, 2.05) is 31.3 Å². The Labute approximate surface area is 177 Å². The van der Waals surface area contributed by atoms with Crippen LogP contribution in [0.15, 0.2) is 60.8 Å². The zero-order valence-corrected chi connectivity index (χ0v) is 17.8. The van der Waals surface area contributed by atoms with Crippen LogP contribution < -0.4 is 10.6 Å². The number of hydrogen-bond acceptors (Lipinski definition) is 5. The number of nitrogen functional groups attached to an aromatic ring is 1. The van der Waals surface area contributed by atoms with Gasteiger partial charge in [-0.2, -0.15) is 0 Å². The van der Waals surface area contributed by atoms with Crippen LogP contribution in [0.5, 0.6) is 0 Å². The number of benzene rings is 2. The molecule has 0 fully saturated rings. The maximum absolute atomic E-state index is 5.75. The SMILES string of the molecule is CCCN(Cc1cc(-c2ccc(N)nc2)ccc1C)c1nc(C)nc2ccccc12. The second-order valence-corrected chi connectivity index (χ2v) is 7.65. The Bertz CT molecular complexity index is 1170. The third-order valence-electron chi connectivity index (χ3n) is 5.32. The lowest BCUT2D eigenvalue weighted by Crippen LogP contribution is -2.25. The molecule has 5 nitrogen and oxygen atoms in total. The maximum Gasteiger partial charge on any atom is 0.140 e. The first-order valence-electron chi connectivity index (χ1n) is 10.3. The lowest BCUT2D eigenvalue weighted by atomic mass is 10.00. The highest BCUT2D eigenvalue weighted by atomic mass is 15.2. The minimum absolute atomic E-state index is 0.534. The van der Waals surface area contributed by atoms with Gasteiger partial charge in [-0.15, -0.1) is 0 Å². The van der Waals surface area contributed by atoms with Crippen molar-refractivity contribution in [3.05, 3.63) is 77.7 Å². The average molecular weight is 398 g/mol. The summed E-state index contributed by atoms with van der Waals surface area (Å²) >= 11 is 0. The van der Waals surface area contributed by atoms with Gasteiger partial charge in [-0.25, -0.2) is 15.0 Å². The summed E-state index contributed by atoms with van der Waals surface area (Å²) in [5.74, 6) is 2.33. The summed E-state index contributed by atoms with van der Waals surface area (Å²) in [6, 6.07) is 18.7. The first-order valence-corrected chi connectivity index (χ1v) is 10.3. The average Bonchev–Trinajstić information content (AvgIpc) is 2.75. The Morgan fingerprint density at radius 2 is 1.73 bits per heavy atom. The van der Waals surface area contributed by atoms with E-state index in [4.69, 9.17) is 10.7 Å². The van der Waals surface area contributed by atoms with Crippen LogP contribution in [0.3, 0.4) is 0 Å². The van der Waals surface area contributed by atoms with Gasteiger partial charge in [0.25, 0.3) is 0 Å². The molecule has 2 aromatic carbocycles. The number of aryl methyl sites for hydroxylation is 2. The third-order valence-corrected chi connectivity index (χ3v) is 5.32. The Hall–Kier alpha value is -3.47. The first-order chi connectivity index (χ1) is 14.5. The standard InChI is InChI=1S/C25H27N5/c1-4-13-30(25-22-7-5-6-8-23(22)28-18(3)29-25)16-21-14-19(10-9-17(21)2)20-11-12-24(26)27-15-20/h5-12,14-15H,4,13,16H2,1-3H3,(H2,26,27). The van der Waals surface area contributed by atoms with Gasteiger partial charge in [0, 0.05) is 30.2 Å². The molecule has 0 aliphatic heterocycles. The van der Waals surface area contributed by atoms with E-state index in [0.717, 1.165) is 53.2 Å². The summed E-state index contributed by atoms with van der Waals surface area (Å²) in [6.07, 6.45) is 2.87. The molecule has 0 bridgehead atoms. The molecule has 0 saturated heterocycles. The van der Waals surface area contributed by atoms with Crippen molar-refractivity contribution in [1.82, 2.24) is 15.0 Å². The molecule has 0 aliphatic rings. The van der Waals surface area contributed by atoms with Crippen LogP contribution in [0.4, 0.5) is 11.6 Å². The van der Waals surface area contributed by atoms with Gasteiger partial charge in [0.1, 0.15) is 17.5 Å². The zero-order chi connectivity index (χ0) is 21.1. The molecule has 4 aromatic rings. The Morgan fingerprint density at radius 3 is 2.50 bits per heavy atom. The van der Waals surface area contributed by atoms with E-state index in [-0.39, 0.29) is 0 Å². The van der Waals surface area contributed by atoms with Gasteiger partial charge in [-0.1, -0.05) is 31.2 Å². The number of fused-ring (bicyclic) bond motifs is 1. The predicted octanol–water partition coefficient (Wildman–Crippen LogP) is 5.31. The van der Waals surface area contributed by atoms with Crippen LogP contribution in [0, 0.1) is 13.8 Å². The molecule has 152 valence electrons. The van der Waals surface area contributed by atoms with Crippen LogP contribution in [-0.2, 0) is 6.54 Å². The van der Waals surface area contributed by atoms with E-state index in [1.54, 1.807) is 0 Å². The molecule has 2 aromatic heterocycles. The number of nitrogens with two attached hydrogens (primary N) is 1. The number of hydrogen-bond donors (Lipinski definition) is 1. The monoisotopic (exact) mass is 397 g/mol. The topological polar surface area (TPSA) is 67.9 Å². The Morgan fingerprint density at radius 1 is 0.933 bits per heavy atom. The number of para-hydroxylation sites is 1. The number of anilines is 2. The van der Waals surface area contributed by atoms with Crippen LogP contribution in [0.2, 0.25) is 0 Å². The normalized spacial score (nSPS) is 11.0. The van der Waals surface area contributed by atoms with E-state index >= 15 is 0 Å². The lowest BCUT2D eigenvalue weighted by molar-refractivity contribution is 0.752. The molecular formula is C25H27N5. The molecule has 0 amide bonds. The van der Waals surface area contributed by atoms with Gasteiger partial charge in [-0.05, 0) is 67.3 Å². The van der Waals surface area contributed by atoms with Gasteiger partial charge in [0.05, 0.1) is 5.52 Å². The molecule has 0 aliphatic carbocycles. The molecule has 0 atom stereocenters. The molecule has 2 N–H and O–H groups in total. The highest BCUT2D eigenvalue weighted by Crippen LogP contribution is 2.28. The Kier molecular flexibility index (Phi) is 5.61. The van der Waals surface area contributed by atoms with Crippen molar-refractivity contribution < 1.29 is 0 Å². The van der Waals surface area contributed by atoms with Crippen molar-refractivity contribution in [1.29, 1.82) is 0 Å². The molecule has 0 saturated carbocycles. The summed E-state index contributed by atoms with van der Waals surface area (Å²) in [7, 11) is 0. The summed E-state index contributed by atoms with van der Waals surface area (Å²) in [5.41, 5.74) is 11.5. The lowest BCUT2D eigenvalue weighted by Gasteiger charge is -2.26. The number of pyridine rings is 1. The van der Waals surface area contributed by atoms with E-state index in [9.17, 15) is 0 Å². The second-order valence-electron chi connectivity index (χ2n) is 7.65. The molecule has 0 radical (unpaired) electrons. The fourth-order valence-corrected chi connectivity index (χ4v) is 3.75. The molecule has 4 rings (SSSR count). The fourth-order valence-electron chi connectivity index (χ4n) is 3.75. The summed E-state index contributed by atoms with van der Waals surface area (Å²) in [6.45, 7) is 8.03. The summed E-state index contributed by atoms with van der Waals surface area (Å²) < 4.78 is 0. The van der Waals surface area contributed by atoms with Crippen LogP contribution in [0.1, 0.15) is 30.3 Å². The van der Waals surface area contributed by atoms with E-state index < -0.39 is 0 Å². The maximum atomic E-state index is 5.75. The molecule has 0 unspecified atom stereocenters. The van der Waals surface area contributed by atoms with E-state index in [0.29, 0.717) is 5.82 Å². The molecule has 2 heterocycles. The highest BCUT2D eigenvalue weighted by Gasteiger charge is 2.15. The highest BCUT2D eigenvalue weighted by molar-refractivity contribution is 5.89. The van der Waals surface area contributed by atoms with Crippen LogP contribution >= 0.6 is 0 Å². The Balaban J connectivity index is 1.74. The van der Waals surface area contributed by atoms with Gasteiger partial charge in [0.2, 0.25) is 0 Å². The van der Waals surface area contributed by atoms with Crippen LogP contribution in [0.25, 0.3) is 22.0 Å². The molecule has 5 heteroatoms. The molecule has 0 spiro atoms. The minimum atomic E-state index is 0.534. The summed E-state index contributed by atoms with van der Waals surface area (Å²) in [5, 5.41) is 1.09. The van der Waals surface area contributed by atoms with Crippen molar-refractivity contribution >= 4 is 22.5 Å². The third kappa shape index (κ3) is 4.10. The van der Waals surface area contributed by atoms with E-state index in [1.165, 1.54) is 11.1 Å². The van der Waals surface area contributed by atoms with Crippen molar-refractivity contribution in [2.45, 2.75) is 33.7 Å². The largest absolute Gasteiger partial charge is 0.384 e. The second kappa shape index (κ2) is 8.49. The minimum Gasteiger partial charge on any atom is -0.384 e. The quantitative estimate of drug-likeness (QED) is 0.478. The number of rotatable bonds is 6. The zero-order valence-electron chi connectivity index (χ0n) is 17.8. The van der Waals surface area contributed by atoms with Gasteiger partial charge >= 0.3 is 0 Å².